The second-order valence-electron chi connectivity index (χ2n) is 7.02. The van der Waals surface area contributed by atoms with Gasteiger partial charge in [-0.2, -0.15) is 5.10 Å². The molecule has 112 valence electrons. The Morgan fingerprint density at radius 3 is 2.90 bits per heavy atom. The summed E-state index contributed by atoms with van der Waals surface area (Å²) in [7, 11) is 0. The van der Waals surface area contributed by atoms with Crippen molar-refractivity contribution in [3.05, 3.63) is 18.0 Å². The first-order valence-corrected chi connectivity index (χ1v) is 8.13. The highest BCUT2D eigenvalue weighted by Gasteiger charge is 2.36. The fourth-order valence-corrected chi connectivity index (χ4v) is 3.82. The van der Waals surface area contributed by atoms with Gasteiger partial charge in [-0.25, -0.2) is 0 Å². The summed E-state index contributed by atoms with van der Waals surface area (Å²) >= 11 is 0. The van der Waals surface area contributed by atoms with Crippen LogP contribution in [-0.4, -0.2) is 40.9 Å². The number of nitrogens with zero attached hydrogens (tertiary/aromatic N) is 3. The van der Waals surface area contributed by atoms with Gasteiger partial charge in [-0.15, -0.1) is 0 Å². The second kappa shape index (κ2) is 5.86. The largest absolute Gasteiger partial charge is 0.316 e. The van der Waals surface area contributed by atoms with E-state index in [2.05, 4.69) is 40.0 Å². The number of nitrogens with one attached hydrogen (secondary N) is 1. The van der Waals surface area contributed by atoms with E-state index < -0.39 is 0 Å². The molecule has 0 amide bonds. The summed E-state index contributed by atoms with van der Waals surface area (Å²) in [4.78, 5) is 2.64. The van der Waals surface area contributed by atoms with E-state index in [1.165, 1.54) is 57.4 Å². The van der Waals surface area contributed by atoms with E-state index in [0.29, 0.717) is 11.5 Å². The van der Waals surface area contributed by atoms with E-state index >= 15 is 0 Å². The molecule has 20 heavy (non-hydrogen) atoms. The van der Waals surface area contributed by atoms with Crippen molar-refractivity contribution in [1.82, 2.24) is 20.0 Å². The molecule has 4 nitrogen and oxygen atoms in total. The number of hydrogen-bond acceptors (Lipinski definition) is 3. The van der Waals surface area contributed by atoms with Crippen molar-refractivity contribution in [2.45, 2.75) is 52.1 Å². The van der Waals surface area contributed by atoms with Gasteiger partial charge in [-0.3, -0.25) is 9.58 Å². The Bertz CT molecular complexity index is 426. The fourth-order valence-electron chi connectivity index (χ4n) is 3.82. The third-order valence-electron chi connectivity index (χ3n) is 4.89. The first-order chi connectivity index (χ1) is 9.67. The molecule has 0 radical (unpaired) electrons. The zero-order valence-electron chi connectivity index (χ0n) is 12.9. The highest BCUT2D eigenvalue weighted by atomic mass is 15.3. The Balaban J connectivity index is 1.61. The monoisotopic (exact) mass is 276 g/mol. The highest BCUT2D eigenvalue weighted by molar-refractivity contribution is 5.05. The lowest BCUT2D eigenvalue weighted by Gasteiger charge is -2.45. The summed E-state index contributed by atoms with van der Waals surface area (Å²) in [5.41, 5.74) is 1.91. The quantitative estimate of drug-likeness (QED) is 0.920. The van der Waals surface area contributed by atoms with Crippen LogP contribution >= 0.6 is 0 Å². The van der Waals surface area contributed by atoms with E-state index in [-0.39, 0.29) is 0 Å². The van der Waals surface area contributed by atoms with Gasteiger partial charge in [0.05, 0.1) is 6.20 Å². The first-order valence-electron chi connectivity index (χ1n) is 8.13. The van der Waals surface area contributed by atoms with Gasteiger partial charge in [-0.1, -0.05) is 0 Å². The van der Waals surface area contributed by atoms with Crippen molar-refractivity contribution in [1.29, 1.82) is 0 Å². The predicted molar refractivity (Wildman–Crippen MR) is 81.7 cm³/mol. The van der Waals surface area contributed by atoms with Crippen LogP contribution in [0.15, 0.2) is 12.4 Å². The summed E-state index contributed by atoms with van der Waals surface area (Å²) in [6.07, 6.45) is 9.76. The van der Waals surface area contributed by atoms with Crippen LogP contribution in [0.3, 0.4) is 0 Å². The Kier molecular flexibility index (Phi) is 4.13. The van der Waals surface area contributed by atoms with E-state index in [0.717, 1.165) is 6.54 Å². The van der Waals surface area contributed by atoms with Crippen molar-refractivity contribution < 1.29 is 0 Å². The van der Waals surface area contributed by atoms with E-state index in [9.17, 15) is 0 Å². The molecule has 0 aliphatic carbocycles. The lowest BCUT2D eigenvalue weighted by atomic mass is 9.74. The molecule has 1 spiro atoms. The topological polar surface area (TPSA) is 33.1 Å². The normalized spacial score (nSPS) is 28.4. The third kappa shape index (κ3) is 3.07. The minimum atomic E-state index is 0.457. The Morgan fingerprint density at radius 1 is 1.35 bits per heavy atom. The standard InChI is InChI=1S/C16H28N4/c1-14(2)20-11-15(9-18-20)10-19-8-4-6-16(13-19)5-3-7-17-12-16/h9,11,14,17H,3-8,10,12-13H2,1-2H3. The number of likely N-dealkylation sites (tertiary alicyclic amines) is 1. The van der Waals surface area contributed by atoms with Crippen LogP contribution in [0.5, 0.6) is 0 Å². The van der Waals surface area contributed by atoms with Crippen molar-refractivity contribution >= 4 is 0 Å². The van der Waals surface area contributed by atoms with Crippen molar-refractivity contribution in [2.24, 2.45) is 5.41 Å². The van der Waals surface area contributed by atoms with Gasteiger partial charge in [0.15, 0.2) is 0 Å². The smallest absolute Gasteiger partial charge is 0.0534 e. The van der Waals surface area contributed by atoms with Crippen molar-refractivity contribution in [2.75, 3.05) is 26.2 Å². The van der Waals surface area contributed by atoms with Crippen molar-refractivity contribution in [3.63, 3.8) is 0 Å². The first kappa shape index (κ1) is 14.1. The summed E-state index contributed by atoms with van der Waals surface area (Å²) in [6, 6.07) is 0.457. The molecule has 0 aromatic carbocycles. The van der Waals surface area contributed by atoms with Gasteiger partial charge in [-0.05, 0) is 58.0 Å². The fraction of sp³-hybridized carbons (Fsp3) is 0.812. The molecule has 2 aliphatic rings. The molecule has 1 aromatic heterocycles. The van der Waals surface area contributed by atoms with Gasteiger partial charge in [0.25, 0.3) is 0 Å². The van der Waals surface area contributed by atoms with Crippen LogP contribution < -0.4 is 5.32 Å². The van der Waals surface area contributed by atoms with E-state index in [1.807, 2.05) is 6.20 Å². The molecule has 1 aromatic rings. The number of hydrogen-bond donors (Lipinski definition) is 1. The molecular weight excluding hydrogens is 248 g/mol. The van der Waals surface area contributed by atoms with Crippen LogP contribution in [-0.2, 0) is 6.54 Å². The van der Waals surface area contributed by atoms with Crippen molar-refractivity contribution in [3.8, 4) is 0 Å². The van der Waals surface area contributed by atoms with Crippen LogP contribution in [0.4, 0.5) is 0 Å². The molecule has 1 unspecified atom stereocenters. The van der Waals surface area contributed by atoms with E-state index in [1.54, 1.807) is 0 Å². The van der Waals surface area contributed by atoms with Crippen LogP contribution in [0.1, 0.15) is 51.1 Å². The average molecular weight is 276 g/mol. The lowest BCUT2D eigenvalue weighted by Crippen LogP contribution is -2.50. The Hall–Kier alpha value is -0.870. The molecule has 2 saturated heterocycles. The average Bonchev–Trinajstić information content (AvgIpc) is 2.88. The SMILES string of the molecule is CC(C)n1cc(CN2CCCC3(CCCNC3)C2)cn1. The zero-order valence-corrected chi connectivity index (χ0v) is 12.9. The maximum atomic E-state index is 4.46. The maximum absolute atomic E-state index is 4.46. The van der Waals surface area contributed by atoms with Gasteiger partial charge >= 0.3 is 0 Å². The predicted octanol–water partition coefficient (Wildman–Crippen LogP) is 2.43. The zero-order chi connectivity index (χ0) is 14.0. The Morgan fingerprint density at radius 2 is 2.20 bits per heavy atom. The molecule has 2 fully saturated rings. The van der Waals surface area contributed by atoms with Crippen LogP contribution in [0.25, 0.3) is 0 Å². The summed E-state index contributed by atoms with van der Waals surface area (Å²) in [5, 5.41) is 8.07. The van der Waals surface area contributed by atoms with Gasteiger partial charge in [0, 0.05) is 37.4 Å². The summed E-state index contributed by atoms with van der Waals surface area (Å²) in [5.74, 6) is 0. The molecule has 4 heteroatoms. The molecule has 0 saturated carbocycles. The summed E-state index contributed by atoms with van der Waals surface area (Å²) in [6.45, 7) is 10.4. The molecule has 2 aliphatic heterocycles. The molecule has 3 heterocycles. The second-order valence-corrected chi connectivity index (χ2v) is 7.02. The number of rotatable bonds is 3. The van der Waals surface area contributed by atoms with Crippen LogP contribution in [0.2, 0.25) is 0 Å². The summed E-state index contributed by atoms with van der Waals surface area (Å²) < 4.78 is 2.07. The molecule has 1 atom stereocenters. The molecule has 0 bridgehead atoms. The number of aromatic nitrogens is 2. The van der Waals surface area contributed by atoms with E-state index in [4.69, 9.17) is 0 Å². The molecule has 3 rings (SSSR count). The van der Waals surface area contributed by atoms with Gasteiger partial charge < -0.3 is 5.32 Å². The minimum Gasteiger partial charge on any atom is -0.316 e. The lowest BCUT2D eigenvalue weighted by molar-refractivity contribution is 0.0600. The molecule has 1 N–H and O–H groups in total. The van der Waals surface area contributed by atoms with Gasteiger partial charge in [0.1, 0.15) is 0 Å². The number of piperidine rings is 2. The Labute approximate surface area is 122 Å². The minimum absolute atomic E-state index is 0.457. The van der Waals surface area contributed by atoms with Gasteiger partial charge in [0.2, 0.25) is 0 Å². The van der Waals surface area contributed by atoms with Crippen LogP contribution in [0, 0.1) is 5.41 Å². The third-order valence-corrected chi connectivity index (χ3v) is 4.89. The molecular formula is C16H28N4. The highest BCUT2D eigenvalue weighted by Crippen LogP contribution is 2.36. The maximum Gasteiger partial charge on any atom is 0.0534 e.